The summed E-state index contributed by atoms with van der Waals surface area (Å²) in [5, 5.41) is 4.39. The van der Waals surface area contributed by atoms with Gasteiger partial charge in [-0.2, -0.15) is 0 Å². The van der Waals surface area contributed by atoms with E-state index in [0.717, 1.165) is 28.0 Å². The van der Waals surface area contributed by atoms with Crippen molar-refractivity contribution in [3.63, 3.8) is 0 Å². The number of nitrogen functional groups attached to an aromatic ring is 1. The van der Waals surface area contributed by atoms with E-state index in [0.29, 0.717) is 6.54 Å². The molecule has 0 radical (unpaired) electrons. The summed E-state index contributed by atoms with van der Waals surface area (Å²) in [7, 11) is 0. The largest absolute Gasteiger partial charge is 0.399 e. The molecular weight excluding hydrogens is 248 g/mol. The quantitative estimate of drug-likeness (QED) is 0.713. The summed E-state index contributed by atoms with van der Waals surface area (Å²) in [5.41, 5.74) is 9.97. The molecule has 0 saturated heterocycles. The van der Waals surface area contributed by atoms with Crippen molar-refractivity contribution in [2.45, 2.75) is 13.5 Å². The summed E-state index contributed by atoms with van der Waals surface area (Å²) in [5.74, 6) is 0.845. The number of nitrogens with one attached hydrogen (secondary N) is 1. The molecule has 0 saturated carbocycles. The first-order chi connectivity index (χ1) is 9.75. The van der Waals surface area contributed by atoms with Gasteiger partial charge in [0.2, 0.25) is 0 Å². The molecule has 4 nitrogen and oxygen atoms in total. The number of para-hydroxylation sites is 1. The van der Waals surface area contributed by atoms with Crippen LogP contribution >= 0.6 is 0 Å². The Labute approximate surface area is 117 Å². The first-order valence-electron chi connectivity index (χ1n) is 6.53. The molecule has 0 aliphatic carbocycles. The molecule has 3 N–H and O–H groups in total. The van der Waals surface area contributed by atoms with Gasteiger partial charge >= 0.3 is 0 Å². The average Bonchev–Trinajstić information content (AvgIpc) is 2.49. The third-order valence-corrected chi connectivity index (χ3v) is 3.48. The molecule has 0 aliphatic rings. The lowest BCUT2D eigenvalue weighted by atomic mass is 10.1. The van der Waals surface area contributed by atoms with E-state index in [1.165, 1.54) is 5.56 Å². The van der Waals surface area contributed by atoms with Crippen molar-refractivity contribution in [3.8, 4) is 0 Å². The number of hydrogen-bond donors (Lipinski definition) is 2. The van der Waals surface area contributed by atoms with E-state index >= 15 is 0 Å². The van der Waals surface area contributed by atoms with E-state index in [1.807, 2.05) is 43.3 Å². The number of nitrogens with zero attached hydrogens (tertiary/aromatic N) is 2. The lowest BCUT2D eigenvalue weighted by Crippen LogP contribution is -2.05. The molecule has 0 aliphatic heterocycles. The third-order valence-electron chi connectivity index (χ3n) is 3.48. The van der Waals surface area contributed by atoms with Crippen LogP contribution in [0.5, 0.6) is 0 Å². The first-order valence-corrected chi connectivity index (χ1v) is 6.53. The second-order valence-electron chi connectivity index (χ2n) is 4.72. The van der Waals surface area contributed by atoms with Crippen LogP contribution in [0, 0.1) is 6.92 Å². The zero-order valence-corrected chi connectivity index (χ0v) is 11.3. The van der Waals surface area contributed by atoms with Crippen molar-refractivity contribution < 1.29 is 0 Å². The van der Waals surface area contributed by atoms with Crippen LogP contribution in [-0.2, 0) is 6.54 Å². The number of benzene rings is 2. The monoisotopic (exact) mass is 264 g/mol. The molecule has 3 rings (SSSR count). The molecular formula is C16H16N4. The Morgan fingerprint density at radius 2 is 1.90 bits per heavy atom. The minimum absolute atomic E-state index is 0.692. The van der Waals surface area contributed by atoms with Crippen LogP contribution in [0.15, 0.2) is 48.8 Å². The van der Waals surface area contributed by atoms with Gasteiger partial charge in [-0.15, -0.1) is 0 Å². The van der Waals surface area contributed by atoms with Gasteiger partial charge in [-0.05, 0) is 36.2 Å². The molecule has 0 unspecified atom stereocenters. The van der Waals surface area contributed by atoms with Gasteiger partial charge in [0.15, 0.2) is 0 Å². The average molecular weight is 264 g/mol. The number of nitrogens with two attached hydrogens (primary N) is 1. The third kappa shape index (κ3) is 2.28. The first kappa shape index (κ1) is 12.4. The van der Waals surface area contributed by atoms with E-state index in [4.69, 9.17) is 5.73 Å². The molecule has 1 heterocycles. The molecule has 100 valence electrons. The fraction of sp³-hybridized carbons (Fsp3) is 0.125. The van der Waals surface area contributed by atoms with Gasteiger partial charge in [-0.25, -0.2) is 9.97 Å². The van der Waals surface area contributed by atoms with Gasteiger partial charge in [-0.3, -0.25) is 0 Å². The van der Waals surface area contributed by atoms with Gasteiger partial charge in [0.05, 0.1) is 5.52 Å². The van der Waals surface area contributed by atoms with Crippen molar-refractivity contribution in [1.82, 2.24) is 9.97 Å². The molecule has 0 amide bonds. The molecule has 0 spiro atoms. The number of anilines is 2. The van der Waals surface area contributed by atoms with Crippen LogP contribution in [0.1, 0.15) is 11.1 Å². The molecule has 3 aromatic rings. The van der Waals surface area contributed by atoms with Crippen LogP contribution in [0.4, 0.5) is 11.5 Å². The van der Waals surface area contributed by atoms with Gasteiger partial charge in [0.1, 0.15) is 12.1 Å². The minimum atomic E-state index is 0.692. The molecule has 0 bridgehead atoms. The Morgan fingerprint density at radius 3 is 2.80 bits per heavy atom. The fourth-order valence-corrected chi connectivity index (χ4v) is 2.22. The number of fused-ring (bicyclic) bond motifs is 1. The second-order valence-corrected chi connectivity index (χ2v) is 4.72. The number of hydrogen-bond acceptors (Lipinski definition) is 4. The van der Waals surface area contributed by atoms with Gasteiger partial charge in [0.25, 0.3) is 0 Å². The van der Waals surface area contributed by atoms with E-state index in [9.17, 15) is 0 Å². The van der Waals surface area contributed by atoms with E-state index in [-0.39, 0.29) is 0 Å². The lowest BCUT2D eigenvalue weighted by Gasteiger charge is -2.11. The molecule has 0 fully saturated rings. The zero-order valence-electron chi connectivity index (χ0n) is 11.3. The molecule has 4 heteroatoms. The molecule has 0 atom stereocenters. The second kappa shape index (κ2) is 5.17. The highest BCUT2D eigenvalue weighted by molar-refractivity contribution is 5.88. The molecule has 20 heavy (non-hydrogen) atoms. The maximum atomic E-state index is 5.93. The SMILES string of the molecule is Cc1c(N)cccc1CNc1ncnc2ccccc12. The number of aromatic nitrogens is 2. The molecule has 1 aromatic heterocycles. The Kier molecular flexibility index (Phi) is 3.21. The van der Waals surface area contributed by atoms with Crippen molar-refractivity contribution in [1.29, 1.82) is 0 Å². The lowest BCUT2D eigenvalue weighted by molar-refractivity contribution is 1.09. The summed E-state index contributed by atoms with van der Waals surface area (Å²) in [4.78, 5) is 8.58. The standard InChI is InChI=1S/C16H16N4/c1-11-12(5-4-7-14(11)17)9-18-16-13-6-2-3-8-15(13)19-10-20-16/h2-8,10H,9,17H2,1H3,(H,18,19,20). The predicted octanol–water partition coefficient (Wildman–Crippen LogP) is 3.13. The van der Waals surface area contributed by atoms with Crippen LogP contribution in [0.3, 0.4) is 0 Å². The van der Waals surface area contributed by atoms with E-state index < -0.39 is 0 Å². The topological polar surface area (TPSA) is 63.8 Å². The van der Waals surface area contributed by atoms with Crippen LogP contribution < -0.4 is 11.1 Å². The van der Waals surface area contributed by atoms with Crippen molar-refractivity contribution in [2.75, 3.05) is 11.1 Å². The Hall–Kier alpha value is -2.62. The van der Waals surface area contributed by atoms with Gasteiger partial charge in [0, 0.05) is 17.6 Å². The zero-order chi connectivity index (χ0) is 13.9. The van der Waals surface area contributed by atoms with Crippen molar-refractivity contribution in [3.05, 3.63) is 59.9 Å². The van der Waals surface area contributed by atoms with E-state index in [1.54, 1.807) is 6.33 Å². The Balaban J connectivity index is 1.89. The van der Waals surface area contributed by atoms with Crippen LogP contribution in [0.2, 0.25) is 0 Å². The summed E-state index contributed by atoms with van der Waals surface area (Å²) < 4.78 is 0. The summed E-state index contributed by atoms with van der Waals surface area (Å²) in [6.07, 6.45) is 1.58. The maximum absolute atomic E-state index is 5.93. The van der Waals surface area contributed by atoms with Crippen molar-refractivity contribution in [2.24, 2.45) is 0 Å². The summed E-state index contributed by atoms with van der Waals surface area (Å²) >= 11 is 0. The fourth-order valence-electron chi connectivity index (χ4n) is 2.22. The number of rotatable bonds is 3. The Bertz CT molecular complexity index is 747. The van der Waals surface area contributed by atoms with Gasteiger partial charge in [-0.1, -0.05) is 24.3 Å². The maximum Gasteiger partial charge on any atom is 0.137 e. The highest BCUT2D eigenvalue weighted by Crippen LogP contribution is 2.21. The predicted molar refractivity (Wildman–Crippen MR) is 82.5 cm³/mol. The Morgan fingerprint density at radius 1 is 1.05 bits per heavy atom. The van der Waals surface area contributed by atoms with E-state index in [2.05, 4.69) is 21.4 Å². The summed E-state index contributed by atoms with van der Waals surface area (Å²) in [6, 6.07) is 13.9. The highest BCUT2D eigenvalue weighted by Gasteiger charge is 2.04. The van der Waals surface area contributed by atoms with Crippen LogP contribution in [-0.4, -0.2) is 9.97 Å². The van der Waals surface area contributed by atoms with Crippen molar-refractivity contribution >= 4 is 22.4 Å². The van der Waals surface area contributed by atoms with Gasteiger partial charge < -0.3 is 11.1 Å². The molecule has 2 aromatic carbocycles. The smallest absolute Gasteiger partial charge is 0.137 e. The normalized spacial score (nSPS) is 10.7. The highest BCUT2D eigenvalue weighted by atomic mass is 15.0. The minimum Gasteiger partial charge on any atom is -0.399 e. The summed E-state index contributed by atoms with van der Waals surface area (Å²) in [6.45, 7) is 2.72. The van der Waals surface area contributed by atoms with Crippen LogP contribution in [0.25, 0.3) is 10.9 Å².